The van der Waals surface area contributed by atoms with Crippen molar-refractivity contribution in [1.29, 1.82) is 0 Å². The lowest BCUT2D eigenvalue weighted by Crippen LogP contribution is -2.43. The van der Waals surface area contributed by atoms with Gasteiger partial charge in [-0.2, -0.15) is 0 Å². The van der Waals surface area contributed by atoms with E-state index in [2.05, 4.69) is 4.98 Å². The normalized spacial score (nSPS) is 18.3. The first-order valence-corrected chi connectivity index (χ1v) is 5.96. The molecule has 0 aromatic carbocycles. The second-order valence-electron chi connectivity index (χ2n) is 3.77. The summed E-state index contributed by atoms with van der Waals surface area (Å²) in [6, 6.07) is 0. The number of ether oxygens (including phenoxy) is 1. The van der Waals surface area contributed by atoms with Crippen molar-refractivity contribution in [3.63, 3.8) is 0 Å². The number of hydrogen-bond donors (Lipinski definition) is 1. The van der Waals surface area contributed by atoms with Gasteiger partial charge in [0.05, 0.1) is 17.8 Å². The monoisotopic (exact) mass is 226 g/mol. The second kappa shape index (κ2) is 3.90. The Labute approximate surface area is 92.5 Å². The smallest absolute Gasteiger partial charge is 0.367 e. The van der Waals surface area contributed by atoms with E-state index in [1.54, 1.807) is 6.92 Å². The van der Waals surface area contributed by atoms with Gasteiger partial charge in [-0.3, -0.25) is 0 Å². The highest BCUT2D eigenvalue weighted by Crippen LogP contribution is 2.38. The molecule has 0 atom stereocenters. The number of hydrogen-bond acceptors (Lipinski definition) is 5. The summed E-state index contributed by atoms with van der Waals surface area (Å²) in [6.45, 7) is 2.16. The van der Waals surface area contributed by atoms with Crippen LogP contribution < -0.4 is 5.73 Å². The maximum atomic E-state index is 11.4. The zero-order valence-electron chi connectivity index (χ0n) is 8.66. The Kier molecular flexibility index (Phi) is 2.75. The molecule has 0 spiro atoms. The molecule has 1 aromatic rings. The SMILES string of the molecule is CCOC(=O)c1nc(C2(N)CCC2)cs1. The molecule has 0 unspecified atom stereocenters. The predicted octanol–water partition coefficient (Wildman–Crippen LogP) is 1.66. The number of esters is 1. The minimum absolute atomic E-state index is 0.290. The molecule has 15 heavy (non-hydrogen) atoms. The Morgan fingerprint density at radius 2 is 2.47 bits per heavy atom. The van der Waals surface area contributed by atoms with E-state index in [9.17, 15) is 4.79 Å². The summed E-state index contributed by atoms with van der Waals surface area (Å²) in [7, 11) is 0. The average molecular weight is 226 g/mol. The summed E-state index contributed by atoms with van der Waals surface area (Å²) >= 11 is 1.31. The van der Waals surface area contributed by atoms with Crippen LogP contribution in [-0.2, 0) is 10.3 Å². The van der Waals surface area contributed by atoms with Gasteiger partial charge in [-0.25, -0.2) is 9.78 Å². The Morgan fingerprint density at radius 3 is 3.00 bits per heavy atom. The van der Waals surface area contributed by atoms with Gasteiger partial charge in [-0.05, 0) is 26.2 Å². The van der Waals surface area contributed by atoms with Crippen molar-refractivity contribution in [1.82, 2.24) is 4.98 Å². The number of aromatic nitrogens is 1. The summed E-state index contributed by atoms with van der Waals surface area (Å²) in [5, 5.41) is 2.27. The van der Waals surface area contributed by atoms with Gasteiger partial charge < -0.3 is 10.5 Å². The molecule has 1 fully saturated rings. The first-order valence-electron chi connectivity index (χ1n) is 5.08. The summed E-state index contributed by atoms with van der Waals surface area (Å²) in [6.07, 6.45) is 3.06. The Balaban J connectivity index is 2.13. The first kappa shape index (κ1) is 10.6. The molecule has 5 heteroatoms. The third-order valence-corrected chi connectivity index (χ3v) is 3.53. The summed E-state index contributed by atoms with van der Waals surface area (Å²) < 4.78 is 4.87. The van der Waals surface area contributed by atoms with E-state index in [1.807, 2.05) is 5.38 Å². The van der Waals surface area contributed by atoms with Crippen molar-refractivity contribution in [2.24, 2.45) is 5.73 Å². The fraction of sp³-hybridized carbons (Fsp3) is 0.600. The van der Waals surface area contributed by atoms with Gasteiger partial charge in [0, 0.05) is 5.38 Å². The van der Waals surface area contributed by atoms with Gasteiger partial charge >= 0.3 is 5.97 Å². The summed E-state index contributed by atoms with van der Waals surface area (Å²) in [4.78, 5) is 15.6. The molecule has 1 aliphatic carbocycles. The molecule has 2 N–H and O–H groups in total. The molecule has 1 saturated carbocycles. The highest BCUT2D eigenvalue weighted by molar-refractivity contribution is 7.11. The van der Waals surface area contributed by atoms with Gasteiger partial charge in [0.25, 0.3) is 0 Å². The minimum atomic E-state index is -0.350. The first-order chi connectivity index (χ1) is 7.15. The highest BCUT2D eigenvalue weighted by Gasteiger charge is 2.37. The van der Waals surface area contributed by atoms with E-state index in [0.29, 0.717) is 11.6 Å². The van der Waals surface area contributed by atoms with E-state index in [4.69, 9.17) is 10.5 Å². The lowest BCUT2D eigenvalue weighted by molar-refractivity contribution is 0.0525. The third kappa shape index (κ3) is 1.89. The summed E-state index contributed by atoms with van der Waals surface area (Å²) in [5.41, 5.74) is 6.65. The maximum absolute atomic E-state index is 11.4. The fourth-order valence-electron chi connectivity index (χ4n) is 1.60. The Hall–Kier alpha value is -0.940. The van der Waals surface area contributed by atoms with Gasteiger partial charge in [-0.1, -0.05) is 0 Å². The van der Waals surface area contributed by atoms with Crippen molar-refractivity contribution in [3.05, 3.63) is 16.1 Å². The number of carbonyl (C=O) groups excluding carboxylic acids is 1. The number of thiazole rings is 1. The van der Waals surface area contributed by atoms with E-state index >= 15 is 0 Å². The van der Waals surface area contributed by atoms with Crippen LogP contribution in [-0.4, -0.2) is 17.6 Å². The van der Waals surface area contributed by atoms with Crippen molar-refractivity contribution < 1.29 is 9.53 Å². The third-order valence-electron chi connectivity index (χ3n) is 2.71. The topological polar surface area (TPSA) is 65.2 Å². The lowest BCUT2D eigenvalue weighted by Gasteiger charge is -2.36. The molecule has 0 aliphatic heterocycles. The molecule has 4 nitrogen and oxygen atoms in total. The van der Waals surface area contributed by atoms with Crippen molar-refractivity contribution in [2.75, 3.05) is 6.61 Å². The number of carbonyl (C=O) groups is 1. The van der Waals surface area contributed by atoms with Crippen LogP contribution in [0.1, 0.15) is 41.7 Å². The van der Waals surface area contributed by atoms with Crippen LogP contribution in [0, 0.1) is 0 Å². The van der Waals surface area contributed by atoms with Gasteiger partial charge in [0.1, 0.15) is 0 Å². The fourth-order valence-corrected chi connectivity index (χ4v) is 2.42. The lowest BCUT2D eigenvalue weighted by atomic mass is 9.76. The van der Waals surface area contributed by atoms with Crippen LogP contribution in [0.4, 0.5) is 0 Å². The molecule has 0 radical (unpaired) electrons. The Bertz CT molecular complexity index is 371. The molecule has 0 saturated heterocycles. The molecule has 1 aliphatic rings. The van der Waals surface area contributed by atoms with Crippen LogP contribution in [0.15, 0.2) is 5.38 Å². The van der Waals surface area contributed by atoms with Crippen LogP contribution >= 0.6 is 11.3 Å². The van der Waals surface area contributed by atoms with E-state index in [0.717, 1.165) is 25.0 Å². The molecular weight excluding hydrogens is 212 g/mol. The average Bonchev–Trinajstić information content (AvgIpc) is 2.63. The largest absolute Gasteiger partial charge is 0.461 e. The van der Waals surface area contributed by atoms with Crippen LogP contribution in [0.5, 0.6) is 0 Å². The van der Waals surface area contributed by atoms with Gasteiger partial charge in [0.2, 0.25) is 5.01 Å². The molecule has 1 heterocycles. The van der Waals surface area contributed by atoms with Crippen molar-refractivity contribution >= 4 is 17.3 Å². The quantitative estimate of drug-likeness (QED) is 0.796. The molecule has 0 amide bonds. The zero-order valence-corrected chi connectivity index (χ0v) is 9.47. The number of nitrogens with zero attached hydrogens (tertiary/aromatic N) is 1. The van der Waals surface area contributed by atoms with Gasteiger partial charge in [-0.15, -0.1) is 11.3 Å². The zero-order chi connectivity index (χ0) is 10.9. The van der Waals surface area contributed by atoms with E-state index in [1.165, 1.54) is 11.3 Å². The molecular formula is C10H14N2O2S. The maximum Gasteiger partial charge on any atom is 0.367 e. The van der Waals surface area contributed by atoms with Crippen molar-refractivity contribution in [2.45, 2.75) is 31.7 Å². The standard InChI is InChI=1S/C10H14N2O2S/c1-2-14-9(13)8-12-7(6-15-8)10(11)4-3-5-10/h6H,2-5,11H2,1H3. The van der Waals surface area contributed by atoms with E-state index in [-0.39, 0.29) is 11.5 Å². The van der Waals surface area contributed by atoms with Crippen LogP contribution in [0.2, 0.25) is 0 Å². The van der Waals surface area contributed by atoms with Crippen molar-refractivity contribution in [3.8, 4) is 0 Å². The molecule has 0 bridgehead atoms. The minimum Gasteiger partial charge on any atom is -0.461 e. The van der Waals surface area contributed by atoms with E-state index < -0.39 is 0 Å². The Morgan fingerprint density at radius 1 is 1.73 bits per heavy atom. The molecule has 82 valence electrons. The molecule has 1 aromatic heterocycles. The second-order valence-corrected chi connectivity index (χ2v) is 4.63. The van der Waals surface area contributed by atoms with Crippen LogP contribution in [0.3, 0.4) is 0 Å². The highest BCUT2D eigenvalue weighted by atomic mass is 32.1. The molecule has 2 rings (SSSR count). The number of rotatable bonds is 3. The van der Waals surface area contributed by atoms with Crippen LogP contribution in [0.25, 0.3) is 0 Å². The predicted molar refractivity (Wildman–Crippen MR) is 57.8 cm³/mol. The number of nitrogens with two attached hydrogens (primary N) is 1. The summed E-state index contributed by atoms with van der Waals surface area (Å²) in [5.74, 6) is -0.350. The van der Waals surface area contributed by atoms with Gasteiger partial charge in [0.15, 0.2) is 0 Å².